The molecule has 0 aromatic heterocycles. The zero-order valence-electron chi connectivity index (χ0n) is 6.18. The third-order valence-corrected chi connectivity index (χ3v) is 1.94. The SMILES string of the molecule is CCNN(CC)S(C)=O. The summed E-state index contributed by atoms with van der Waals surface area (Å²) in [7, 11) is -0.881. The van der Waals surface area contributed by atoms with Crippen molar-refractivity contribution in [2.24, 2.45) is 0 Å². The molecule has 0 aliphatic rings. The number of hydrogen-bond donors (Lipinski definition) is 1. The zero-order chi connectivity index (χ0) is 7.28. The minimum Gasteiger partial charge on any atom is -0.244 e. The Bertz CT molecular complexity index is 97.0. The van der Waals surface area contributed by atoms with Crippen molar-refractivity contribution in [3.63, 3.8) is 0 Å². The van der Waals surface area contributed by atoms with Crippen molar-refractivity contribution in [3.8, 4) is 0 Å². The number of hydrazine groups is 1. The summed E-state index contributed by atoms with van der Waals surface area (Å²) >= 11 is 0. The van der Waals surface area contributed by atoms with Crippen LogP contribution in [-0.2, 0) is 11.0 Å². The van der Waals surface area contributed by atoms with Crippen LogP contribution in [0, 0.1) is 0 Å². The lowest BCUT2D eigenvalue weighted by molar-refractivity contribution is 0.362. The first-order valence-electron chi connectivity index (χ1n) is 3.07. The molecule has 0 fully saturated rings. The summed E-state index contributed by atoms with van der Waals surface area (Å²) in [6.45, 7) is 5.55. The van der Waals surface area contributed by atoms with Crippen LogP contribution >= 0.6 is 0 Å². The van der Waals surface area contributed by atoms with Gasteiger partial charge in [-0.3, -0.25) is 0 Å². The van der Waals surface area contributed by atoms with Gasteiger partial charge in [-0.15, -0.1) is 0 Å². The zero-order valence-corrected chi connectivity index (χ0v) is 6.99. The van der Waals surface area contributed by atoms with Crippen molar-refractivity contribution in [3.05, 3.63) is 0 Å². The van der Waals surface area contributed by atoms with Gasteiger partial charge >= 0.3 is 0 Å². The molecule has 4 heteroatoms. The molecule has 0 saturated heterocycles. The quantitative estimate of drug-likeness (QED) is 0.578. The first-order valence-corrected chi connectivity index (χ1v) is 4.58. The Morgan fingerprint density at radius 3 is 2.22 bits per heavy atom. The van der Waals surface area contributed by atoms with E-state index in [2.05, 4.69) is 5.43 Å². The molecule has 0 heterocycles. The highest BCUT2D eigenvalue weighted by molar-refractivity contribution is 7.81. The fourth-order valence-electron chi connectivity index (χ4n) is 0.561. The highest BCUT2D eigenvalue weighted by atomic mass is 32.2. The van der Waals surface area contributed by atoms with Crippen molar-refractivity contribution >= 4 is 11.0 Å². The van der Waals surface area contributed by atoms with Gasteiger partial charge in [-0.05, 0) is 6.92 Å². The van der Waals surface area contributed by atoms with Gasteiger partial charge in [0.15, 0.2) is 0 Å². The molecule has 0 aromatic carbocycles. The molecule has 0 aliphatic carbocycles. The van der Waals surface area contributed by atoms with Crippen LogP contribution in [0.25, 0.3) is 0 Å². The summed E-state index contributed by atoms with van der Waals surface area (Å²) < 4.78 is 12.4. The Hall–Kier alpha value is 0.0700. The van der Waals surface area contributed by atoms with E-state index in [1.165, 1.54) is 0 Å². The summed E-state index contributed by atoms with van der Waals surface area (Å²) in [4.78, 5) is 0. The minimum atomic E-state index is -0.881. The molecule has 9 heavy (non-hydrogen) atoms. The van der Waals surface area contributed by atoms with E-state index in [-0.39, 0.29) is 0 Å². The number of nitrogens with zero attached hydrogens (tertiary/aromatic N) is 1. The van der Waals surface area contributed by atoms with Gasteiger partial charge in [0.1, 0.15) is 11.0 Å². The molecule has 0 spiro atoms. The van der Waals surface area contributed by atoms with Crippen molar-refractivity contribution in [1.82, 2.24) is 9.84 Å². The molecule has 1 unspecified atom stereocenters. The lowest BCUT2D eigenvalue weighted by Crippen LogP contribution is -2.38. The Balaban J connectivity index is 3.54. The molecular formula is C5H14N2OS. The van der Waals surface area contributed by atoms with Gasteiger partial charge < -0.3 is 0 Å². The van der Waals surface area contributed by atoms with Crippen LogP contribution in [0.15, 0.2) is 0 Å². The fourth-order valence-corrected chi connectivity index (χ4v) is 1.24. The number of rotatable bonds is 4. The molecular weight excluding hydrogens is 136 g/mol. The van der Waals surface area contributed by atoms with E-state index >= 15 is 0 Å². The molecule has 0 aromatic rings. The van der Waals surface area contributed by atoms with Gasteiger partial charge in [-0.25, -0.2) is 9.63 Å². The Labute approximate surface area is 59.0 Å². The van der Waals surface area contributed by atoms with Crippen LogP contribution in [0.1, 0.15) is 13.8 Å². The van der Waals surface area contributed by atoms with Crippen LogP contribution in [0.5, 0.6) is 0 Å². The molecule has 0 saturated carbocycles. The second kappa shape index (κ2) is 4.90. The second-order valence-corrected chi connectivity index (χ2v) is 2.92. The molecule has 3 nitrogen and oxygen atoms in total. The largest absolute Gasteiger partial charge is 0.244 e. The van der Waals surface area contributed by atoms with Crippen LogP contribution in [0.3, 0.4) is 0 Å². The molecule has 1 atom stereocenters. The van der Waals surface area contributed by atoms with E-state index in [0.717, 1.165) is 13.1 Å². The summed E-state index contributed by atoms with van der Waals surface area (Å²) in [6, 6.07) is 0. The van der Waals surface area contributed by atoms with E-state index < -0.39 is 11.0 Å². The Morgan fingerprint density at radius 1 is 1.56 bits per heavy atom. The van der Waals surface area contributed by atoms with E-state index in [9.17, 15) is 4.21 Å². The third kappa shape index (κ3) is 3.61. The lowest BCUT2D eigenvalue weighted by Gasteiger charge is -2.15. The molecule has 0 aliphatic heterocycles. The van der Waals surface area contributed by atoms with Gasteiger partial charge in [0.05, 0.1) is 0 Å². The standard InChI is InChI=1S/C5H14N2OS/c1-4-6-7(5-2)9(3)8/h6H,4-5H2,1-3H3. The first-order chi connectivity index (χ1) is 4.22. The van der Waals surface area contributed by atoms with Gasteiger partial charge in [-0.1, -0.05) is 6.92 Å². The summed E-state index contributed by atoms with van der Waals surface area (Å²) in [5.74, 6) is 0. The average molecular weight is 150 g/mol. The van der Waals surface area contributed by atoms with Crippen LogP contribution < -0.4 is 5.43 Å². The maximum absolute atomic E-state index is 10.7. The summed E-state index contributed by atoms with van der Waals surface area (Å²) in [5, 5.41) is 0. The summed E-state index contributed by atoms with van der Waals surface area (Å²) in [6.07, 6.45) is 1.66. The van der Waals surface area contributed by atoms with Crippen LogP contribution in [0.4, 0.5) is 0 Å². The predicted octanol–water partition coefficient (Wildman–Crippen LogP) is 0.126. The average Bonchev–Trinajstić information content (AvgIpc) is 1.82. The monoisotopic (exact) mass is 150 g/mol. The van der Waals surface area contributed by atoms with E-state index in [1.54, 1.807) is 10.7 Å². The van der Waals surface area contributed by atoms with E-state index in [1.807, 2.05) is 13.8 Å². The molecule has 56 valence electrons. The topological polar surface area (TPSA) is 32.3 Å². The van der Waals surface area contributed by atoms with Crippen molar-refractivity contribution < 1.29 is 4.21 Å². The maximum Gasteiger partial charge on any atom is 0.105 e. The number of hydrogen-bond acceptors (Lipinski definition) is 2. The molecule has 0 rings (SSSR count). The van der Waals surface area contributed by atoms with E-state index in [0.29, 0.717) is 0 Å². The fraction of sp³-hybridized carbons (Fsp3) is 1.00. The smallest absolute Gasteiger partial charge is 0.105 e. The van der Waals surface area contributed by atoms with Crippen molar-refractivity contribution in [2.45, 2.75) is 13.8 Å². The van der Waals surface area contributed by atoms with Crippen molar-refractivity contribution in [2.75, 3.05) is 19.3 Å². The first kappa shape index (κ1) is 9.07. The number of nitrogens with one attached hydrogen (secondary N) is 1. The highest BCUT2D eigenvalue weighted by Gasteiger charge is 2.00. The molecule has 1 N–H and O–H groups in total. The van der Waals surface area contributed by atoms with Gasteiger partial charge in [-0.2, -0.15) is 4.41 Å². The van der Waals surface area contributed by atoms with Crippen LogP contribution in [-0.4, -0.2) is 28.0 Å². The second-order valence-electron chi connectivity index (χ2n) is 1.63. The normalized spacial score (nSPS) is 14.2. The van der Waals surface area contributed by atoms with Gasteiger partial charge in [0.2, 0.25) is 0 Å². The van der Waals surface area contributed by atoms with E-state index in [4.69, 9.17) is 0 Å². The maximum atomic E-state index is 10.7. The minimum absolute atomic E-state index is 0.775. The van der Waals surface area contributed by atoms with Gasteiger partial charge in [0, 0.05) is 19.3 Å². The molecule has 0 bridgehead atoms. The van der Waals surface area contributed by atoms with Gasteiger partial charge in [0.25, 0.3) is 0 Å². The third-order valence-electron chi connectivity index (χ3n) is 0.932. The highest BCUT2D eigenvalue weighted by Crippen LogP contribution is 1.83. The lowest BCUT2D eigenvalue weighted by atomic mass is 10.8. The van der Waals surface area contributed by atoms with Crippen molar-refractivity contribution in [1.29, 1.82) is 0 Å². The van der Waals surface area contributed by atoms with Crippen LogP contribution in [0.2, 0.25) is 0 Å². The summed E-state index contributed by atoms with van der Waals surface area (Å²) in [5.41, 5.74) is 2.96. The Kier molecular flexibility index (Phi) is 4.94. The Morgan fingerprint density at radius 2 is 2.11 bits per heavy atom. The molecule has 0 radical (unpaired) electrons. The predicted molar refractivity (Wildman–Crippen MR) is 40.1 cm³/mol. The molecule has 0 amide bonds.